The summed E-state index contributed by atoms with van der Waals surface area (Å²) in [6.07, 6.45) is 1.63. The average Bonchev–Trinajstić information content (AvgIpc) is 3.41. The second-order valence-electron chi connectivity index (χ2n) is 7.01. The van der Waals surface area contributed by atoms with Crippen molar-refractivity contribution in [1.82, 2.24) is 9.88 Å². The van der Waals surface area contributed by atoms with Gasteiger partial charge in [0, 0.05) is 5.69 Å². The van der Waals surface area contributed by atoms with Crippen molar-refractivity contribution < 1.29 is 9.21 Å². The quantitative estimate of drug-likeness (QED) is 0.428. The summed E-state index contributed by atoms with van der Waals surface area (Å²) < 4.78 is 6.64. The summed E-state index contributed by atoms with van der Waals surface area (Å²) in [5.74, 6) is 0.770. The highest BCUT2D eigenvalue weighted by Crippen LogP contribution is 2.29. The van der Waals surface area contributed by atoms with Crippen molar-refractivity contribution in [3.63, 3.8) is 0 Å². The molecule has 2 aromatic heterocycles. The molecule has 29 heavy (non-hydrogen) atoms. The number of amides is 1. The summed E-state index contributed by atoms with van der Waals surface area (Å²) in [7, 11) is 1.96. The Morgan fingerprint density at radius 1 is 1.07 bits per heavy atom. The van der Waals surface area contributed by atoms with E-state index in [1.807, 2.05) is 72.6 Å². The molecule has 2 heterocycles. The van der Waals surface area contributed by atoms with Gasteiger partial charge in [0.05, 0.1) is 35.6 Å². The summed E-state index contributed by atoms with van der Waals surface area (Å²) in [6.45, 7) is 2.77. The lowest BCUT2D eigenvalue weighted by Crippen LogP contribution is -2.39. The molecule has 0 aliphatic carbocycles. The number of aromatic nitrogens is 1. The Bertz CT molecular complexity index is 1040. The Hall–Kier alpha value is -2.96. The SMILES string of the molecule is CC(c1nc2ccccc2s1)N(C)CC(=O)N(Cc1ccco1)c1ccccc1. The van der Waals surface area contributed by atoms with E-state index in [1.165, 1.54) is 0 Å². The van der Waals surface area contributed by atoms with Crippen molar-refractivity contribution in [3.8, 4) is 0 Å². The van der Waals surface area contributed by atoms with Crippen LogP contribution in [0.4, 0.5) is 5.69 Å². The molecule has 0 N–H and O–H groups in total. The van der Waals surface area contributed by atoms with Crippen molar-refractivity contribution >= 4 is 33.1 Å². The van der Waals surface area contributed by atoms with Gasteiger partial charge in [-0.2, -0.15) is 0 Å². The lowest BCUT2D eigenvalue weighted by molar-refractivity contribution is -0.120. The number of carbonyl (C=O) groups is 1. The molecule has 0 radical (unpaired) electrons. The maximum absolute atomic E-state index is 13.2. The van der Waals surface area contributed by atoms with Gasteiger partial charge in [0.15, 0.2) is 0 Å². The minimum Gasteiger partial charge on any atom is -0.467 e. The molecule has 0 bridgehead atoms. The highest BCUT2D eigenvalue weighted by Gasteiger charge is 2.23. The number of furan rings is 1. The number of anilines is 1. The van der Waals surface area contributed by atoms with Crippen LogP contribution < -0.4 is 4.90 Å². The van der Waals surface area contributed by atoms with Crippen molar-refractivity contribution in [2.75, 3.05) is 18.5 Å². The normalized spacial score (nSPS) is 12.4. The van der Waals surface area contributed by atoms with Gasteiger partial charge in [-0.05, 0) is 50.4 Å². The Morgan fingerprint density at radius 2 is 1.83 bits per heavy atom. The molecule has 1 unspecified atom stereocenters. The summed E-state index contributed by atoms with van der Waals surface area (Å²) in [4.78, 5) is 21.8. The molecular weight excluding hydrogens is 382 g/mol. The monoisotopic (exact) mass is 405 g/mol. The van der Waals surface area contributed by atoms with Crippen molar-refractivity contribution in [2.45, 2.75) is 19.5 Å². The molecule has 4 aromatic rings. The smallest absolute Gasteiger partial charge is 0.241 e. The van der Waals surface area contributed by atoms with Crippen molar-refractivity contribution in [1.29, 1.82) is 0 Å². The van der Waals surface area contributed by atoms with Crippen LogP contribution in [-0.2, 0) is 11.3 Å². The summed E-state index contributed by atoms with van der Waals surface area (Å²) in [5, 5.41) is 1.01. The van der Waals surface area contributed by atoms with E-state index in [4.69, 9.17) is 9.40 Å². The third kappa shape index (κ3) is 4.39. The Morgan fingerprint density at radius 3 is 2.55 bits per heavy atom. The van der Waals surface area contributed by atoms with Crippen LogP contribution in [0.1, 0.15) is 23.7 Å². The zero-order valence-electron chi connectivity index (χ0n) is 16.5. The first-order valence-electron chi connectivity index (χ1n) is 9.55. The third-order valence-electron chi connectivity index (χ3n) is 4.98. The molecule has 6 heteroatoms. The molecule has 0 spiro atoms. The van der Waals surface area contributed by atoms with Gasteiger partial charge in [-0.3, -0.25) is 9.69 Å². The van der Waals surface area contributed by atoms with Gasteiger partial charge in [0.25, 0.3) is 0 Å². The molecule has 4 rings (SSSR count). The molecule has 1 atom stereocenters. The molecule has 0 aliphatic heterocycles. The minimum atomic E-state index is 0.0167. The molecule has 148 valence electrons. The number of rotatable bonds is 7. The predicted octanol–water partition coefficient (Wildman–Crippen LogP) is 5.12. The summed E-state index contributed by atoms with van der Waals surface area (Å²) in [5.41, 5.74) is 1.86. The number of likely N-dealkylation sites (N-methyl/N-ethyl adjacent to an activating group) is 1. The van der Waals surface area contributed by atoms with Gasteiger partial charge in [-0.15, -0.1) is 11.3 Å². The molecule has 0 aliphatic rings. The lowest BCUT2D eigenvalue weighted by Gasteiger charge is -2.27. The molecule has 0 fully saturated rings. The molecule has 5 nitrogen and oxygen atoms in total. The third-order valence-corrected chi connectivity index (χ3v) is 6.18. The van der Waals surface area contributed by atoms with Gasteiger partial charge in [0.1, 0.15) is 10.8 Å². The van der Waals surface area contributed by atoms with Gasteiger partial charge in [0.2, 0.25) is 5.91 Å². The topological polar surface area (TPSA) is 49.6 Å². The lowest BCUT2D eigenvalue weighted by atomic mass is 10.2. The summed E-state index contributed by atoms with van der Waals surface area (Å²) in [6, 6.07) is 21.6. The van der Waals surface area contributed by atoms with Crippen LogP contribution in [0.15, 0.2) is 77.4 Å². The first kappa shape index (κ1) is 19.4. The van der Waals surface area contributed by atoms with Crippen LogP contribution >= 0.6 is 11.3 Å². The van der Waals surface area contributed by atoms with Crippen LogP contribution in [0.25, 0.3) is 10.2 Å². The number of para-hydroxylation sites is 2. The molecule has 2 aromatic carbocycles. The highest BCUT2D eigenvalue weighted by atomic mass is 32.1. The van der Waals surface area contributed by atoms with Gasteiger partial charge >= 0.3 is 0 Å². The molecule has 0 saturated carbocycles. The van der Waals surface area contributed by atoms with E-state index < -0.39 is 0 Å². The molecule has 1 amide bonds. The average molecular weight is 406 g/mol. The Balaban J connectivity index is 1.51. The first-order chi connectivity index (χ1) is 14.1. The molecule has 0 saturated heterocycles. The maximum Gasteiger partial charge on any atom is 0.241 e. The zero-order chi connectivity index (χ0) is 20.2. The fourth-order valence-electron chi connectivity index (χ4n) is 3.18. The van der Waals surface area contributed by atoms with Gasteiger partial charge in [-0.25, -0.2) is 4.98 Å². The highest BCUT2D eigenvalue weighted by molar-refractivity contribution is 7.18. The van der Waals surface area contributed by atoms with E-state index in [9.17, 15) is 4.79 Å². The standard InChI is InChI=1S/C23H23N3O2S/c1-17(23-24-20-12-6-7-13-21(20)29-23)25(2)16-22(27)26(15-19-11-8-14-28-19)18-9-4-3-5-10-18/h3-14,17H,15-16H2,1-2H3. The fourth-order valence-corrected chi connectivity index (χ4v) is 4.27. The van der Waals surface area contributed by atoms with Crippen LogP contribution in [0, 0.1) is 0 Å². The van der Waals surface area contributed by atoms with Gasteiger partial charge in [-0.1, -0.05) is 30.3 Å². The Kier molecular flexibility index (Phi) is 5.74. The largest absolute Gasteiger partial charge is 0.467 e. The molecular formula is C23H23N3O2S. The van der Waals surface area contributed by atoms with Crippen LogP contribution in [0.2, 0.25) is 0 Å². The number of hydrogen-bond acceptors (Lipinski definition) is 5. The van der Waals surface area contributed by atoms with E-state index in [0.29, 0.717) is 6.54 Å². The maximum atomic E-state index is 13.2. The second-order valence-corrected chi connectivity index (χ2v) is 8.07. The number of fused-ring (bicyclic) bond motifs is 1. The van der Waals surface area contributed by atoms with Crippen molar-refractivity contribution in [2.24, 2.45) is 0 Å². The van der Waals surface area contributed by atoms with Crippen LogP contribution in [0.3, 0.4) is 0 Å². The van der Waals surface area contributed by atoms with E-state index in [0.717, 1.165) is 26.7 Å². The fraction of sp³-hybridized carbons (Fsp3) is 0.217. The van der Waals surface area contributed by atoms with E-state index >= 15 is 0 Å². The van der Waals surface area contributed by atoms with Crippen LogP contribution in [-0.4, -0.2) is 29.4 Å². The van der Waals surface area contributed by atoms with Crippen molar-refractivity contribution in [3.05, 3.63) is 83.8 Å². The van der Waals surface area contributed by atoms with E-state index in [-0.39, 0.29) is 18.5 Å². The van der Waals surface area contributed by atoms with E-state index in [1.54, 1.807) is 22.5 Å². The number of hydrogen-bond donors (Lipinski definition) is 0. The number of thiazole rings is 1. The number of carbonyl (C=O) groups excluding carboxylic acids is 1. The predicted molar refractivity (Wildman–Crippen MR) is 117 cm³/mol. The Labute approximate surface area is 174 Å². The van der Waals surface area contributed by atoms with Gasteiger partial charge < -0.3 is 9.32 Å². The summed E-state index contributed by atoms with van der Waals surface area (Å²) >= 11 is 1.68. The minimum absolute atomic E-state index is 0.0167. The number of nitrogens with zero attached hydrogens (tertiary/aromatic N) is 3. The zero-order valence-corrected chi connectivity index (χ0v) is 17.3. The second kappa shape index (κ2) is 8.59. The van der Waals surface area contributed by atoms with E-state index in [2.05, 4.69) is 13.0 Å². The first-order valence-corrected chi connectivity index (χ1v) is 10.4. The number of benzene rings is 2. The van der Waals surface area contributed by atoms with Crippen LogP contribution in [0.5, 0.6) is 0 Å².